The molecule has 0 spiro atoms. The van der Waals surface area contributed by atoms with Crippen LogP contribution >= 0.6 is 0 Å². The van der Waals surface area contributed by atoms with Crippen molar-refractivity contribution in [2.75, 3.05) is 7.11 Å². The van der Waals surface area contributed by atoms with Crippen molar-refractivity contribution in [3.05, 3.63) is 83.9 Å². The van der Waals surface area contributed by atoms with E-state index in [4.69, 9.17) is 4.74 Å². The number of methoxy groups -OCH3 is 1. The topological polar surface area (TPSA) is 70.9 Å². The van der Waals surface area contributed by atoms with E-state index in [0.29, 0.717) is 5.75 Å². The van der Waals surface area contributed by atoms with Gasteiger partial charge in [-0.05, 0) is 39.7 Å². The SMILES string of the molecule is COc1ccc2ccccc2c1C=NNC(=O)c1cc2ccccc2cc1O. The molecule has 4 aromatic carbocycles. The average molecular weight is 370 g/mol. The second kappa shape index (κ2) is 7.40. The minimum Gasteiger partial charge on any atom is -0.507 e. The molecule has 0 saturated heterocycles. The summed E-state index contributed by atoms with van der Waals surface area (Å²) in [4.78, 5) is 12.5. The number of carbonyl (C=O) groups excluding carboxylic acids is 1. The van der Waals surface area contributed by atoms with Gasteiger partial charge in [-0.1, -0.05) is 54.6 Å². The Morgan fingerprint density at radius 1 is 0.964 bits per heavy atom. The van der Waals surface area contributed by atoms with Crippen molar-refractivity contribution >= 4 is 33.7 Å². The number of ether oxygens (including phenoxy) is 1. The molecule has 4 aromatic rings. The van der Waals surface area contributed by atoms with Crippen molar-refractivity contribution in [1.29, 1.82) is 0 Å². The number of phenolic OH excluding ortho intramolecular Hbond substituents is 1. The number of nitrogens with one attached hydrogen (secondary N) is 1. The number of rotatable bonds is 4. The van der Waals surface area contributed by atoms with Gasteiger partial charge in [0.15, 0.2) is 0 Å². The molecule has 1 amide bonds. The lowest BCUT2D eigenvalue weighted by atomic mass is 10.0. The zero-order valence-electron chi connectivity index (χ0n) is 15.2. The largest absolute Gasteiger partial charge is 0.507 e. The first-order valence-electron chi connectivity index (χ1n) is 8.78. The lowest BCUT2D eigenvalue weighted by Crippen LogP contribution is -2.17. The molecule has 0 fully saturated rings. The van der Waals surface area contributed by atoms with E-state index < -0.39 is 5.91 Å². The predicted octanol–water partition coefficient (Wildman–Crippen LogP) is 4.47. The maximum atomic E-state index is 12.5. The van der Waals surface area contributed by atoms with E-state index in [1.54, 1.807) is 25.5 Å². The van der Waals surface area contributed by atoms with Crippen LogP contribution in [-0.4, -0.2) is 24.3 Å². The summed E-state index contributed by atoms with van der Waals surface area (Å²) in [6.07, 6.45) is 1.55. The van der Waals surface area contributed by atoms with Gasteiger partial charge in [0.2, 0.25) is 0 Å². The Balaban J connectivity index is 1.63. The first-order chi connectivity index (χ1) is 13.7. The Labute approximate surface area is 161 Å². The molecule has 0 aromatic heterocycles. The van der Waals surface area contributed by atoms with E-state index in [-0.39, 0.29) is 11.3 Å². The molecule has 0 aliphatic carbocycles. The van der Waals surface area contributed by atoms with Gasteiger partial charge in [-0.2, -0.15) is 5.10 Å². The van der Waals surface area contributed by atoms with Gasteiger partial charge in [0.05, 0.1) is 18.9 Å². The molecule has 5 heteroatoms. The smallest absolute Gasteiger partial charge is 0.275 e. The molecule has 0 heterocycles. The Hall–Kier alpha value is -3.86. The average Bonchev–Trinajstić information content (AvgIpc) is 2.73. The van der Waals surface area contributed by atoms with E-state index in [2.05, 4.69) is 10.5 Å². The molecule has 0 unspecified atom stereocenters. The molecule has 5 nitrogen and oxygen atoms in total. The van der Waals surface area contributed by atoms with Crippen molar-refractivity contribution in [3.63, 3.8) is 0 Å². The molecule has 0 radical (unpaired) electrons. The highest BCUT2D eigenvalue weighted by Crippen LogP contribution is 2.27. The van der Waals surface area contributed by atoms with E-state index in [1.807, 2.05) is 60.7 Å². The zero-order valence-corrected chi connectivity index (χ0v) is 15.2. The van der Waals surface area contributed by atoms with Crippen LogP contribution in [0.1, 0.15) is 15.9 Å². The number of hydrogen-bond acceptors (Lipinski definition) is 4. The number of aromatic hydroxyl groups is 1. The quantitative estimate of drug-likeness (QED) is 0.411. The Morgan fingerprint density at radius 3 is 2.39 bits per heavy atom. The van der Waals surface area contributed by atoms with Crippen molar-refractivity contribution in [2.45, 2.75) is 0 Å². The van der Waals surface area contributed by atoms with Gasteiger partial charge >= 0.3 is 0 Å². The van der Waals surface area contributed by atoms with Gasteiger partial charge < -0.3 is 9.84 Å². The summed E-state index contributed by atoms with van der Waals surface area (Å²) in [6.45, 7) is 0. The number of hydrazone groups is 1. The van der Waals surface area contributed by atoms with Gasteiger partial charge in [0.25, 0.3) is 5.91 Å². The third kappa shape index (κ3) is 3.25. The first kappa shape index (κ1) is 17.5. The summed E-state index contributed by atoms with van der Waals surface area (Å²) in [6, 6.07) is 22.4. The van der Waals surface area contributed by atoms with Gasteiger partial charge in [0, 0.05) is 5.56 Å². The minimum absolute atomic E-state index is 0.0888. The fraction of sp³-hybridized carbons (Fsp3) is 0.0435. The van der Waals surface area contributed by atoms with Crippen LogP contribution < -0.4 is 10.2 Å². The van der Waals surface area contributed by atoms with Crippen molar-refractivity contribution in [1.82, 2.24) is 5.43 Å². The van der Waals surface area contributed by atoms with E-state index in [0.717, 1.165) is 27.1 Å². The number of amides is 1. The van der Waals surface area contributed by atoms with E-state index in [9.17, 15) is 9.90 Å². The second-order valence-corrected chi connectivity index (χ2v) is 6.32. The van der Waals surface area contributed by atoms with Crippen LogP contribution in [0.5, 0.6) is 11.5 Å². The number of nitrogens with zero attached hydrogens (tertiary/aromatic N) is 1. The van der Waals surface area contributed by atoms with Crippen LogP contribution in [-0.2, 0) is 0 Å². The normalized spacial score (nSPS) is 11.2. The highest BCUT2D eigenvalue weighted by Gasteiger charge is 2.12. The fourth-order valence-electron chi connectivity index (χ4n) is 3.21. The Morgan fingerprint density at radius 2 is 1.64 bits per heavy atom. The van der Waals surface area contributed by atoms with Crippen LogP contribution in [0.15, 0.2) is 77.9 Å². The first-order valence-corrected chi connectivity index (χ1v) is 8.78. The van der Waals surface area contributed by atoms with Gasteiger partial charge in [0.1, 0.15) is 11.5 Å². The van der Waals surface area contributed by atoms with Crippen molar-refractivity contribution in [2.24, 2.45) is 5.10 Å². The molecule has 2 N–H and O–H groups in total. The summed E-state index contributed by atoms with van der Waals surface area (Å²) < 4.78 is 5.42. The van der Waals surface area contributed by atoms with Crippen LogP contribution in [0.2, 0.25) is 0 Å². The standard InChI is InChI=1S/C23H18N2O3/c1-28-22-11-10-15-6-4-5-9-18(15)20(22)14-24-25-23(27)19-12-16-7-2-3-8-17(16)13-21(19)26/h2-14,26H,1H3,(H,25,27). The number of phenols is 1. The molecule has 0 saturated carbocycles. The highest BCUT2D eigenvalue weighted by atomic mass is 16.5. The highest BCUT2D eigenvalue weighted by molar-refractivity contribution is 6.04. The maximum Gasteiger partial charge on any atom is 0.275 e. The molecule has 0 aliphatic heterocycles. The van der Waals surface area contributed by atoms with Gasteiger partial charge in [-0.15, -0.1) is 0 Å². The van der Waals surface area contributed by atoms with Crippen LogP contribution in [0.3, 0.4) is 0 Å². The van der Waals surface area contributed by atoms with E-state index >= 15 is 0 Å². The van der Waals surface area contributed by atoms with Crippen LogP contribution in [0.25, 0.3) is 21.5 Å². The number of carbonyl (C=O) groups is 1. The van der Waals surface area contributed by atoms with Crippen LogP contribution in [0, 0.1) is 0 Å². The lowest BCUT2D eigenvalue weighted by molar-refractivity contribution is 0.0952. The monoisotopic (exact) mass is 370 g/mol. The van der Waals surface area contributed by atoms with Crippen molar-refractivity contribution in [3.8, 4) is 11.5 Å². The summed E-state index contributed by atoms with van der Waals surface area (Å²) in [5, 5.41) is 18.0. The molecule has 0 atom stereocenters. The Bertz CT molecular complexity index is 1220. The predicted molar refractivity (Wildman–Crippen MR) is 111 cm³/mol. The molecule has 138 valence electrons. The number of benzene rings is 4. The molecule has 0 bridgehead atoms. The fourth-order valence-corrected chi connectivity index (χ4v) is 3.21. The van der Waals surface area contributed by atoms with Crippen LogP contribution in [0.4, 0.5) is 0 Å². The minimum atomic E-state index is -0.487. The third-order valence-electron chi connectivity index (χ3n) is 4.62. The second-order valence-electron chi connectivity index (χ2n) is 6.32. The maximum absolute atomic E-state index is 12.5. The molecule has 4 rings (SSSR count). The van der Waals surface area contributed by atoms with Gasteiger partial charge in [-0.25, -0.2) is 5.43 Å². The summed E-state index contributed by atoms with van der Waals surface area (Å²) in [5.74, 6) is 0.0816. The molecular weight excluding hydrogens is 352 g/mol. The summed E-state index contributed by atoms with van der Waals surface area (Å²) in [7, 11) is 1.59. The summed E-state index contributed by atoms with van der Waals surface area (Å²) >= 11 is 0. The number of hydrogen-bond donors (Lipinski definition) is 2. The third-order valence-corrected chi connectivity index (χ3v) is 4.62. The molecule has 0 aliphatic rings. The zero-order chi connectivity index (χ0) is 19.5. The summed E-state index contributed by atoms with van der Waals surface area (Å²) in [5.41, 5.74) is 3.42. The molecular formula is C23H18N2O3. The van der Waals surface area contributed by atoms with Gasteiger partial charge in [-0.3, -0.25) is 4.79 Å². The van der Waals surface area contributed by atoms with E-state index in [1.165, 1.54) is 0 Å². The lowest BCUT2D eigenvalue weighted by Gasteiger charge is -2.09. The molecule has 28 heavy (non-hydrogen) atoms. The number of fused-ring (bicyclic) bond motifs is 2. The van der Waals surface area contributed by atoms with Crippen molar-refractivity contribution < 1.29 is 14.6 Å². The Kier molecular flexibility index (Phi) is 4.64.